The third kappa shape index (κ3) is 3.50. The van der Waals surface area contributed by atoms with E-state index in [1.54, 1.807) is 0 Å². The van der Waals surface area contributed by atoms with Crippen molar-refractivity contribution in [2.24, 2.45) is 17.6 Å². The molecular weight excluding hydrogens is 188 g/mol. The molecule has 15 heavy (non-hydrogen) atoms. The third-order valence-corrected chi connectivity index (χ3v) is 3.06. The number of amides is 1. The highest BCUT2D eigenvalue weighted by Gasteiger charge is 2.31. The summed E-state index contributed by atoms with van der Waals surface area (Å²) in [5.74, 6) is 0.316. The van der Waals surface area contributed by atoms with Crippen LogP contribution in [0.2, 0.25) is 0 Å². The minimum atomic E-state index is -0.237. The van der Waals surface area contributed by atoms with Crippen molar-refractivity contribution in [3.8, 4) is 0 Å². The molecule has 0 spiro atoms. The second-order valence-corrected chi connectivity index (χ2v) is 4.22. The molecule has 1 aliphatic rings. The van der Waals surface area contributed by atoms with Crippen LogP contribution in [-0.2, 0) is 4.79 Å². The summed E-state index contributed by atoms with van der Waals surface area (Å²) in [6, 6.07) is 0. The Labute approximate surface area is 91.2 Å². The van der Waals surface area contributed by atoms with E-state index in [0.717, 1.165) is 31.4 Å². The summed E-state index contributed by atoms with van der Waals surface area (Å²) < 4.78 is 0. The van der Waals surface area contributed by atoms with Crippen molar-refractivity contribution in [3.63, 3.8) is 0 Å². The molecule has 3 heteroatoms. The summed E-state index contributed by atoms with van der Waals surface area (Å²) in [7, 11) is 0. The molecule has 0 radical (unpaired) electrons. The number of carbonyl (C=O) groups is 1. The van der Waals surface area contributed by atoms with Gasteiger partial charge in [-0.2, -0.15) is 0 Å². The number of carbonyl (C=O) groups excluding carboxylic acids is 1. The Hall–Kier alpha value is -1.12. The number of rotatable bonds is 5. The van der Waals surface area contributed by atoms with Crippen LogP contribution in [-0.4, -0.2) is 11.6 Å². The molecule has 2 atom stereocenters. The van der Waals surface area contributed by atoms with Crippen LogP contribution < -0.4 is 5.73 Å². The molecule has 1 fully saturated rings. The average molecular weight is 208 g/mol. The van der Waals surface area contributed by atoms with Crippen molar-refractivity contribution in [2.45, 2.75) is 39.0 Å². The van der Waals surface area contributed by atoms with E-state index in [4.69, 9.17) is 11.1 Å². The Balaban J connectivity index is 2.52. The Kier molecular flexibility index (Phi) is 4.53. The van der Waals surface area contributed by atoms with Crippen LogP contribution in [0.15, 0.2) is 12.2 Å². The summed E-state index contributed by atoms with van der Waals surface area (Å²) in [6.45, 7) is 2.09. The summed E-state index contributed by atoms with van der Waals surface area (Å²) >= 11 is 0. The Bertz CT molecular complexity index is 271. The highest BCUT2D eigenvalue weighted by Crippen LogP contribution is 2.34. The van der Waals surface area contributed by atoms with E-state index in [2.05, 4.69) is 19.1 Å². The van der Waals surface area contributed by atoms with Crippen LogP contribution in [0.5, 0.6) is 0 Å². The zero-order valence-electron chi connectivity index (χ0n) is 9.33. The zero-order chi connectivity index (χ0) is 11.3. The lowest BCUT2D eigenvalue weighted by atomic mass is 9.89. The Morgan fingerprint density at radius 1 is 1.60 bits per heavy atom. The fourth-order valence-electron chi connectivity index (χ4n) is 2.26. The first-order valence-electron chi connectivity index (χ1n) is 5.65. The van der Waals surface area contributed by atoms with Gasteiger partial charge >= 0.3 is 0 Å². The van der Waals surface area contributed by atoms with Gasteiger partial charge in [0.05, 0.1) is 0 Å². The summed E-state index contributed by atoms with van der Waals surface area (Å²) in [4.78, 5) is 10.9. The van der Waals surface area contributed by atoms with Crippen LogP contribution in [0.25, 0.3) is 0 Å². The minimum absolute atomic E-state index is 0.237. The van der Waals surface area contributed by atoms with Gasteiger partial charge in [-0.1, -0.05) is 19.1 Å². The van der Waals surface area contributed by atoms with Crippen molar-refractivity contribution in [1.82, 2.24) is 0 Å². The predicted octanol–water partition coefficient (Wildman–Crippen LogP) is 2.26. The molecule has 3 nitrogen and oxygen atoms in total. The lowest BCUT2D eigenvalue weighted by Gasteiger charge is -2.16. The molecule has 0 saturated heterocycles. The zero-order valence-corrected chi connectivity index (χ0v) is 9.33. The second kappa shape index (κ2) is 5.69. The molecule has 0 aromatic heterocycles. The quantitative estimate of drug-likeness (QED) is 0.669. The number of allylic oxidation sites excluding steroid dienone is 2. The number of nitrogens with two attached hydrogens (primary N) is 1. The van der Waals surface area contributed by atoms with Gasteiger partial charge in [0.25, 0.3) is 0 Å². The Morgan fingerprint density at radius 3 is 2.93 bits per heavy atom. The van der Waals surface area contributed by atoms with Crippen molar-refractivity contribution < 1.29 is 4.79 Å². The predicted molar refractivity (Wildman–Crippen MR) is 61.8 cm³/mol. The van der Waals surface area contributed by atoms with Crippen molar-refractivity contribution in [3.05, 3.63) is 12.2 Å². The largest absolute Gasteiger partial charge is 0.370 e. The van der Waals surface area contributed by atoms with Crippen molar-refractivity contribution >= 4 is 11.6 Å². The van der Waals surface area contributed by atoms with E-state index >= 15 is 0 Å². The normalized spacial score (nSPS) is 26.3. The number of hydrogen-bond donors (Lipinski definition) is 2. The van der Waals surface area contributed by atoms with Gasteiger partial charge in [-0.3, -0.25) is 4.79 Å². The molecule has 1 amide bonds. The van der Waals surface area contributed by atoms with Crippen LogP contribution in [0, 0.1) is 17.2 Å². The third-order valence-electron chi connectivity index (χ3n) is 3.06. The second-order valence-electron chi connectivity index (χ2n) is 4.22. The van der Waals surface area contributed by atoms with Gasteiger partial charge in [0.1, 0.15) is 0 Å². The minimum Gasteiger partial charge on any atom is -0.370 e. The number of nitrogens with one attached hydrogen (secondary N) is 1. The highest BCUT2D eigenvalue weighted by atomic mass is 16.1. The number of hydrogen-bond acceptors (Lipinski definition) is 2. The molecular formula is C12H20N2O. The van der Waals surface area contributed by atoms with E-state index in [1.807, 2.05) is 0 Å². The van der Waals surface area contributed by atoms with Crippen LogP contribution >= 0.6 is 0 Å². The lowest BCUT2D eigenvalue weighted by molar-refractivity contribution is -0.119. The van der Waals surface area contributed by atoms with Gasteiger partial charge < -0.3 is 11.1 Å². The maximum absolute atomic E-state index is 10.9. The van der Waals surface area contributed by atoms with Crippen LogP contribution in [0.4, 0.5) is 0 Å². The SMILES string of the molecule is CC/C=C\C[C@H]1C(=N)CC[C@H]1CC(N)=O. The summed E-state index contributed by atoms with van der Waals surface area (Å²) in [6.07, 6.45) is 8.39. The summed E-state index contributed by atoms with van der Waals surface area (Å²) in [5, 5.41) is 7.83. The average Bonchev–Trinajstić information content (AvgIpc) is 2.49. The molecule has 0 heterocycles. The molecule has 0 aliphatic heterocycles. The van der Waals surface area contributed by atoms with Gasteiger partial charge in [-0.25, -0.2) is 0 Å². The van der Waals surface area contributed by atoms with E-state index in [0.29, 0.717) is 12.3 Å². The molecule has 1 aliphatic carbocycles. The monoisotopic (exact) mass is 208 g/mol. The first-order valence-corrected chi connectivity index (χ1v) is 5.65. The number of primary amides is 1. The van der Waals surface area contributed by atoms with Crippen molar-refractivity contribution in [1.29, 1.82) is 5.41 Å². The van der Waals surface area contributed by atoms with E-state index in [1.165, 1.54) is 0 Å². The van der Waals surface area contributed by atoms with Gasteiger partial charge in [-0.15, -0.1) is 0 Å². The van der Waals surface area contributed by atoms with E-state index < -0.39 is 0 Å². The van der Waals surface area contributed by atoms with Gasteiger partial charge in [0.2, 0.25) is 5.91 Å². The van der Waals surface area contributed by atoms with Crippen LogP contribution in [0.3, 0.4) is 0 Å². The molecule has 0 aromatic rings. The first kappa shape index (κ1) is 12.0. The van der Waals surface area contributed by atoms with Gasteiger partial charge in [-0.05, 0) is 31.6 Å². The standard InChI is InChI=1S/C12H20N2O/c1-2-3-4-5-10-9(8-12(14)15)6-7-11(10)13/h3-4,9-10,13H,2,5-8H2,1H3,(H2,14,15)/b4-3-,13-11?/t9-,10+/m0/s1. The lowest BCUT2D eigenvalue weighted by Crippen LogP contribution is -2.21. The molecule has 1 rings (SSSR count). The Morgan fingerprint density at radius 2 is 2.33 bits per heavy atom. The first-order chi connectivity index (χ1) is 7.15. The molecule has 0 bridgehead atoms. The topological polar surface area (TPSA) is 66.9 Å². The molecule has 3 N–H and O–H groups in total. The van der Waals surface area contributed by atoms with E-state index in [-0.39, 0.29) is 11.8 Å². The fraction of sp³-hybridized carbons (Fsp3) is 0.667. The smallest absolute Gasteiger partial charge is 0.217 e. The van der Waals surface area contributed by atoms with Crippen LogP contribution in [0.1, 0.15) is 39.0 Å². The van der Waals surface area contributed by atoms with Gasteiger partial charge in [0, 0.05) is 18.1 Å². The van der Waals surface area contributed by atoms with E-state index in [9.17, 15) is 4.79 Å². The molecule has 0 aromatic carbocycles. The summed E-state index contributed by atoms with van der Waals surface area (Å²) in [5.41, 5.74) is 6.00. The molecule has 0 unspecified atom stereocenters. The molecule has 1 saturated carbocycles. The maximum Gasteiger partial charge on any atom is 0.217 e. The maximum atomic E-state index is 10.9. The highest BCUT2D eigenvalue weighted by molar-refractivity contribution is 5.87. The fourth-order valence-corrected chi connectivity index (χ4v) is 2.26. The molecule has 84 valence electrons. The van der Waals surface area contributed by atoms with Gasteiger partial charge in [0.15, 0.2) is 0 Å². The van der Waals surface area contributed by atoms with Crippen molar-refractivity contribution in [2.75, 3.05) is 0 Å².